The molecule has 4 N–H and O–H groups in total. The van der Waals surface area contributed by atoms with Gasteiger partial charge >= 0.3 is 0 Å². The van der Waals surface area contributed by atoms with Gasteiger partial charge in [0.05, 0.1) is 30.5 Å². The lowest BCUT2D eigenvalue weighted by Crippen LogP contribution is -2.25. The van der Waals surface area contributed by atoms with Gasteiger partial charge in [0.25, 0.3) is 5.56 Å². The number of benzene rings is 1. The Balaban J connectivity index is 1.54. The van der Waals surface area contributed by atoms with Crippen molar-refractivity contribution in [1.29, 1.82) is 5.41 Å². The van der Waals surface area contributed by atoms with E-state index in [9.17, 15) is 9.59 Å². The standard InChI is InChI=1S/C19H18N8O2S2/c1-25-16-12(17-18(25)23-15(30-17)9-26-8-14(28)24-31-26)6-22-27(19(16)29)7-10-3-2-4-13(21)11(10)5-20/h2-6,20H,7-9,21H2,1H3,(H,24,28). The van der Waals surface area contributed by atoms with Crippen molar-refractivity contribution < 1.29 is 4.79 Å². The Labute approximate surface area is 184 Å². The quantitative estimate of drug-likeness (QED) is 0.236. The molecule has 5 rings (SSSR count). The SMILES string of the molecule is Cn1c2nc(CN3CC(=O)NS3)sc2c2cnn(Cc3cccc(N)c3C=N)c(=O)c21. The van der Waals surface area contributed by atoms with E-state index in [4.69, 9.17) is 16.1 Å². The van der Waals surface area contributed by atoms with E-state index in [2.05, 4.69) is 9.82 Å². The Morgan fingerprint density at radius 2 is 2.16 bits per heavy atom. The van der Waals surface area contributed by atoms with Gasteiger partial charge in [0.1, 0.15) is 10.5 Å². The number of aromatic nitrogens is 4. The molecule has 158 valence electrons. The zero-order chi connectivity index (χ0) is 21.7. The van der Waals surface area contributed by atoms with E-state index in [1.54, 1.807) is 22.9 Å². The molecule has 12 heteroatoms. The molecule has 1 fully saturated rings. The van der Waals surface area contributed by atoms with Gasteiger partial charge in [-0.05, 0) is 11.6 Å². The van der Waals surface area contributed by atoms with Crippen molar-refractivity contribution in [3.63, 3.8) is 0 Å². The molecule has 31 heavy (non-hydrogen) atoms. The Bertz CT molecular complexity index is 1420. The molecule has 3 aromatic heterocycles. The van der Waals surface area contributed by atoms with Crippen LogP contribution in [0.2, 0.25) is 0 Å². The van der Waals surface area contributed by atoms with Gasteiger partial charge in [0.15, 0.2) is 5.65 Å². The lowest BCUT2D eigenvalue weighted by Gasteiger charge is -2.10. The third-order valence-corrected chi connectivity index (χ3v) is 7.08. The molecule has 0 atom stereocenters. The number of rotatable bonds is 5. The highest BCUT2D eigenvalue weighted by Gasteiger charge is 2.23. The van der Waals surface area contributed by atoms with Crippen LogP contribution in [0.15, 0.2) is 29.2 Å². The van der Waals surface area contributed by atoms with Crippen LogP contribution in [-0.4, -0.2) is 42.3 Å². The largest absolute Gasteiger partial charge is 0.398 e. The Morgan fingerprint density at radius 1 is 1.32 bits per heavy atom. The molecule has 10 nitrogen and oxygen atoms in total. The lowest BCUT2D eigenvalue weighted by molar-refractivity contribution is -0.118. The maximum Gasteiger partial charge on any atom is 0.291 e. The van der Waals surface area contributed by atoms with Gasteiger partial charge in [0, 0.05) is 42.0 Å². The molecule has 1 amide bonds. The van der Waals surface area contributed by atoms with Crippen molar-refractivity contribution in [3.05, 3.63) is 50.9 Å². The number of aryl methyl sites for hydroxylation is 1. The zero-order valence-electron chi connectivity index (χ0n) is 16.5. The average molecular weight is 455 g/mol. The fourth-order valence-corrected chi connectivity index (χ4v) is 5.57. The fourth-order valence-electron chi connectivity index (χ4n) is 3.70. The van der Waals surface area contributed by atoms with Crippen LogP contribution in [0, 0.1) is 5.41 Å². The predicted octanol–water partition coefficient (Wildman–Crippen LogP) is 1.47. The number of hydrogen-bond acceptors (Lipinski definition) is 9. The summed E-state index contributed by atoms with van der Waals surface area (Å²) in [7, 11) is 1.82. The molecule has 0 saturated carbocycles. The smallest absolute Gasteiger partial charge is 0.291 e. The van der Waals surface area contributed by atoms with Crippen molar-refractivity contribution >= 4 is 62.5 Å². The van der Waals surface area contributed by atoms with Gasteiger partial charge < -0.3 is 15.7 Å². The predicted molar refractivity (Wildman–Crippen MR) is 122 cm³/mol. The highest BCUT2D eigenvalue weighted by atomic mass is 32.2. The zero-order valence-corrected chi connectivity index (χ0v) is 18.1. The van der Waals surface area contributed by atoms with Crippen LogP contribution >= 0.6 is 23.5 Å². The maximum atomic E-state index is 13.2. The van der Waals surface area contributed by atoms with Gasteiger partial charge in [-0.2, -0.15) is 5.10 Å². The summed E-state index contributed by atoms with van der Waals surface area (Å²) in [6.07, 6.45) is 2.88. The highest BCUT2D eigenvalue weighted by molar-refractivity contribution is 7.96. The number of nitrogens with zero attached hydrogens (tertiary/aromatic N) is 5. The van der Waals surface area contributed by atoms with Crippen LogP contribution in [0.4, 0.5) is 5.69 Å². The van der Waals surface area contributed by atoms with E-state index in [1.165, 1.54) is 34.4 Å². The summed E-state index contributed by atoms with van der Waals surface area (Å²) in [4.78, 5) is 29.3. The Hall–Kier alpha value is -3.22. The summed E-state index contributed by atoms with van der Waals surface area (Å²) < 4.78 is 8.68. The second-order valence-corrected chi connectivity index (χ2v) is 9.15. The summed E-state index contributed by atoms with van der Waals surface area (Å²) in [6.45, 7) is 1.08. The molecule has 4 aromatic rings. The molecule has 0 unspecified atom stereocenters. The average Bonchev–Trinajstić information content (AvgIpc) is 3.41. The van der Waals surface area contributed by atoms with Gasteiger partial charge in [-0.3, -0.25) is 14.3 Å². The number of nitrogen functional groups attached to an aromatic ring is 1. The number of nitrogens with two attached hydrogens (primary N) is 1. The van der Waals surface area contributed by atoms with Crippen LogP contribution in [0.1, 0.15) is 16.1 Å². The second kappa shape index (κ2) is 7.48. The third kappa shape index (κ3) is 3.28. The van der Waals surface area contributed by atoms with Crippen LogP contribution in [0.25, 0.3) is 21.3 Å². The first-order valence-electron chi connectivity index (χ1n) is 9.38. The maximum absolute atomic E-state index is 13.2. The number of fused-ring (bicyclic) bond motifs is 3. The molecule has 0 bridgehead atoms. The number of thiazole rings is 1. The van der Waals surface area contributed by atoms with Gasteiger partial charge in [-0.1, -0.05) is 12.1 Å². The Kier molecular flexibility index (Phi) is 4.76. The molecule has 4 heterocycles. The molecular formula is C19H18N8O2S2. The molecular weight excluding hydrogens is 436 g/mol. The van der Waals surface area contributed by atoms with Crippen LogP contribution in [-0.2, 0) is 24.9 Å². The first kappa shape index (κ1) is 19.7. The van der Waals surface area contributed by atoms with Gasteiger partial charge in [0.2, 0.25) is 5.91 Å². The fraction of sp³-hybridized carbons (Fsp3) is 0.211. The number of hydrogen-bond donors (Lipinski definition) is 3. The van der Waals surface area contributed by atoms with Crippen molar-refractivity contribution in [2.45, 2.75) is 13.1 Å². The van der Waals surface area contributed by atoms with E-state index in [0.717, 1.165) is 26.3 Å². The van der Waals surface area contributed by atoms with Crippen LogP contribution < -0.4 is 16.0 Å². The number of anilines is 1. The number of nitrogens with one attached hydrogen (secondary N) is 2. The molecule has 0 spiro atoms. The third-order valence-electron chi connectivity index (χ3n) is 5.18. The van der Waals surface area contributed by atoms with Crippen molar-refractivity contribution in [2.24, 2.45) is 7.05 Å². The van der Waals surface area contributed by atoms with Crippen molar-refractivity contribution in [3.8, 4) is 0 Å². The summed E-state index contributed by atoms with van der Waals surface area (Å²) in [5, 5.41) is 13.6. The summed E-state index contributed by atoms with van der Waals surface area (Å²) in [6, 6.07) is 5.36. The van der Waals surface area contributed by atoms with Crippen LogP contribution in [0.3, 0.4) is 0 Å². The minimum atomic E-state index is -0.227. The number of carbonyl (C=O) groups is 1. The summed E-state index contributed by atoms with van der Waals surface area (Å²) in [5.41, 5.74) is 8.82. The van der Waals surface area contributed by atoms with E-state index >= 15 is 0 Å². The Morgan fingerprint density at radius 3 is 2.90 bits per heavy atom. The number of carbonyl (C=O) groups excluding carboxylic acids is 1. The molecule has 1 aromatic carbocycles. The van der Waals surface area contributed by atoms with E-state index in [-0.39, 0.29) is 18.0 Å². The minimum Gasteiger partial charge on any atom is -0.398 e. The second-order valence-electron chi connectivity index (χ2n) is 7.17. The first-order valence-corrected chi connectivity index (χ1v) is 11.0. The highest BCUT2D eigenvalue weighted by Crippen LogP contribution is 2.32. The van der Waals surface area contributed by atoms with Gasteiger partial charge in [-0.15, -0.1) is 11.3 Å². The summed E-state index contributed by atoms with van der Waals surface area (Å²) >= 11 is 2.78. The molecule has 1 saturated heterocycles. The monoisotopic (exact) mass is 454 g/mol. The lowest BCUT2D eigenvalue weighted by atomic mass is 10.1. The molecule has 0 aliphatic carbocycles. The molecule has 1 aliphatic heterocycles. The minimum absolute atomic E-state index is 0.0207. The van der Waals surface area contributed by atoms with Gasteiger partial charge in [-0.25, -0.2) is 14.0 Å². The van der Waals surface area contributed by atoms with E-state index in [0.29, 0.717) is 29.9 Å². The normalized spacial score (nSPS) is 14.5. The number of amides is 1. The summed E-state index contributed by atoms with van der Waals surface area (Å²) in [5.74, 6) is -0.0207. The molecule has 1 aliphatic rings. The van der Waals surface area contributed by atoms with Crippen molar-refractivity contribution in [2.75, 3.05) is 12.3 Å². The topological polar surface area (TPSA) is 135 Å². The van der Waals surface area contributed by atoms with Crippen molar-refractivity contribution in [1.82, 2.24) is 28.4 Å². The van der Waals surface area contributed by atoms with E-state index in [1.807, 2.05) is 17.4 Å². The van der Waals surface area contributed by atoms with E-state index < -0.39 is 0 Å². The molecule has 0 radical (unpaired) electrons. The van der Waals surface area contributed by atoms with Crippen LogP contribution in [0.5, 0.6) is 0 Å². The first-order chi connectivity index (χ1) is 15.0.